The number of rotatable bonds is 2. The van der Waals surface area contributed by atoms with Gasteiger partial charge in [-0.2, -0.15) is 10.2 Å². The van der Waals surface area contributed by atoms with Crippen molar-refractivity contribution in [2.75, 3.05) is 0 Å². The van der Waals surface area contributed by atoms with E-state index in [-0.39, 0.29) is 17.1 Å². The van der Waals surface area contributed by atoms with Gasteiger partial charge in [0, 0.05) is 19.4 Å². The number of aromatic nitrogens is 4. The van der Waals surface area contributed by atoms with E-state index < -0.39 is 10.8 Å². The molecule has 2 heterocycles. The molecule has 0 spiro atoms. The molecule has 0 amide bonds. The number of aryl methyl sites for hydroxylation is 2. The largest absolute Gasteiger partial charge is 0.322 e. The van der Waals surface area contributed by atoms with E-state index in [1.807, 2.05) is 0 Å². The molecule has 17 heavy (non-hydrogen) atoms. The highest BCUT2D eigenvalue weighted by atomic mass is 16.6. The average Bonchev–Trinajstić information content (AvgIpc) is 2.84. The van der Waals surface area contributed by atoms with Gasteiger partial charge < -0.3 is 0 Å². The summed E-state index contributed by atoms with van der Waals surface area (Å²) in [5, 5.41) is 18.5. The highest BCUT2D eigenvalue weighted by molar-refractivity contribution is 5.97. The SMILES string of the molecule is Cc1nn(C)c(C(=O)n2cccn2)c1[N+](=O)[O-]. The van der Waals surface area contributed by atoms with E-state index in [9.17, 15) is 14.9 Å². The Balaban J connectivity index is 2.59. The van der Waals surface area contributed by atoms with Crippen LogP contribution in [0.4, 0.5) is 5.69 Å². The van der Waals surface area contributed by atoms with Gasteiger partial charge in [0.05, 0.1) is 4.92 Å². The van der Waals surface area contributed by atoms with Crippen molar-refractivity contribution in [3.05, 3.63) is 40.0 Å². The normalized spacial score (nSPS) is 10.5. The Labute approximate surface area is 95.6 Å². The fraction of sp³-hybridized carbons (Fsp3) is 0.222. The van der Waals surface area contributed by atoms with Crippen LogP contribution in [0.1, 0.15) is 16.2 Å². The van der Waals surface area contributed by atoms with Crippen molar-refractivity contribution < 1.29 is 9.72 Å². The third-order valence-electron chi connectivity index (χ3n) is 2.29. The van der Waals surface area contributed by atoms with Crippen LogP contribution in [0, 0.1) is 17.0 Å². The van der Waals surface area contributed by atoms with E-state index in [1.165, 1.54) is 31.0 Å². The molecule has 2 aromatic heterocycles. The van der Waals surface area contributed by atoms with Gasteiger partial charge in [0.2, 0.25) is 5.69 Å². The molecular weight excluding hydrogens is 226 g/mol. The lowest BCUT2D eigenvalue weighted by Crippen LogP contribution is -2.17. The fourth-order valence-corrected chi connectivity index (χ4v) is 1.60. The molecule has 2 rings (SSSR count). The van der Waals surface area contributed by atoms with Crippen LogP contribution in [0.3, 0.4) is 0 Å². The Morgan fingerprint density at radius 2 is 2.24 bits per heavy atom. The zero-order valence-corrected chi connectivity index (χ0v) is 9.19. The van der Waals surface area contributed by atoms with Gasteiger partial charge in [-0.1, -0.05) is 0 Å². The van der Waals surface area contributed by atoms with Crippen molar-refractivity contribution in [3.63, 3.8) is 0 Å². The highest BCUT2D eigenvalue weighted by Gasteiger charge is 2.30. The fourth-order valence-electron chi connectivity index (χ4n) is 1.60. The monoisotopic (exact) mass is 235 g/mol. The van der Waals surface area contributed by atoms with Gasteiger partial charge in [-0.05, 0) is 13.0 Å². The Bertz CT molecular complexity index is 584. The molecule has 0 N–H and O–H groups in total. The molecule has 0 fully saturated rings. The van der Waals surface area contributed by atoms with Gasteiger partial charge in [0.25, 0.3) is 0 Å². The van der Waals surface area contributed by atoms with Gasteiger partial charge >= 0.3 is 11.6 Å². The lowest BCUT2D eigenvalue weighted by Gasteiger charge is -2.00. The predicted molar refractivity (Wildman–Crippen MR) is 56.6 cm³/mol. The molecule has 8 heteroatoms. The van der Waals surface area contributed by atoms with Crippen molar-refractivity contribution in [3.8, 4) is 0 Å². The molecule has 0 unspecified atom stereocenters. The minimum absolute atomic E-state index is 0.0869. The Hall–Kier alpha value is -2.51. The van der Waals surface area contributed by atoms with E-state index in [0.717, 1.165) is 4.68 Å². The summed E-state index contributed by atoms with van der Waals surface area (Å²) >= 11 is 0. The van der Waals surface area contributed by atoms with Crippen LogP contribution in [-0.2, 0) is 7.05 Å². The van der Waals surface area contributed by atoms with Gasteiger partial charge in [-0.25, -0.2) is 4.68 Å². The number of carbonyl (C=O) groups excluding carboxylic acids is 1. The summed E-state index contributed by atoms with van der Waals surface area (Å²) in [6.07, 6.45) is 2.85. The summed E-state index contributed by atoms with van der Waals surface area (Å²) in [5.41, 5.74) is -0.169. The van der Waals surface area contributed by atoms with E-state index in [0.29, 0.717) is 0 Å². The minimum Gasteiger partial charge on any atom is -0.265 e. The minimum atomic E-state index is -0.612. The summed E-state index contributed by atoms with van der Waals surface area (Å²) in [6.45, 7) is 1.48. The first kappa shape index (κ1) is 11.0. The summed E-state index contributed by atoms with van der Waals surface area (Å²) in [4.78, 5) is 22.3. The molecule has 0 bridgehead atoms. The van der Waals surface area contributed by atoms with Gasteiger partial charge in [-0.15, -0.1) is 0 Å². The number of nitro groups is 1. The van der Waals surface area contributed by atoms with Crippen LogP contribution >= 0.6 is 0 Å². The second-order valence-electron chi connectivity index (χ2n) is 3.42. The van der Waals surface area contributed by atoms with E-state index in [4.69, 9.17) is 0 Å². The third-order valence-corrected chi connectivity index (χ3v) is 2.29. The van der Waals surface area contributed by atoms with Crippen LogP contribution in [0.5, 0.6) is 0 Å². The number of nitrogens with zero attached hydrogens (tertiary/aromatic N) is 5. The van der Waals surface area contributed by atoms with Gasteiger partial charge in [0.1, 0.15) is 5.69 Å². The zero-order valence-electron chi connectivity index (χ0n) is 9.19. The van der Waals surface area contributed by atoms with E-state index in [1.54, 1.807) is 6.07 Å². The maximum atomic E-state index is 12.0. The Morgan fingerprint density at radius 3 is 2.76 bits per heavy atom. The summed E-state index contributed by atoms with van der Waals surface area (Å²) in [7, 11) is 1.48. The van der Waals surface area contributed by atoms with Crippen molar-refractivity contribution in [1.29, 1.82) is 0 Å². The first-order valence-electron chi connectivity index (χ1n) is 4.74. The maximum Gasteiger partial charge on any atom is 0.322 e. The molecular formula is C9H9N5O3. The van der Waals surface area contributed by atoms with Crippen LogP contribution < -0.4 is 0 Å². The summed E-state index contributed by atoms with van der Waals surface area (Å²) in [5.74, 6) is -0.579. The Kier molecular flexibility index (Phi) is 2.47. The highest BCUT2D eigenvalue weighted by Crippen LogP contribution is 2.22. The standard InChI is InChI=1S/C9H9N5O3/c1-6-7(14(16)17)8(12(2)11-6)9(15)13-5-3-4-10-13/h3-5H,1-2H3. The first-order valence-corrected chi connectivity index (χ1v) is 4.74. The number of hydrogen-bond donors (Lipinski definition) is 0. The molecule has 0 saturated carbocycles. The second-order valence-corrected chi connectivity index (χ2v) is 3.42. The summed E-state index contributed by atoms with van der Waals surface area (Å²) in [6, 6.07) is 1.56. The first-order chi connectivity index (χ1) is 8.02. The molecule has 8 nitrogen and oxygen atoms in total. The van der Waals surface area contributed by atoms with Crippen LogP contribution in [0.25, 0.3) is 0 Å². The molecule has 2 aromatic rings. The van der Waals surface area contributed by atoms with Crippen LogP contribution in [-0.4, -0.2) is 30.4 Å². The third kappa shape index (κ3) is 1.69. The van der Waals surface area contributed by atoms with Crippen LogP contribution in [0.15, 0.2) is 18.5 Å². The van der Waals surface area contributed by atoms with Gasteiger partial charge in [0.15, 0.2) is 0 Å². The van der Waals surface area contributed by atoms with Crippen molar-refractivity contribution in [1.82, 2.24) is 19.6 Å². The quantitative estimate of drug-likeness (QED) is 0.558. The van der Waals surface area contributed by atoms with Crippen molar-refractivity contribution >= 4 is 11.6 Å². The molecule has 0 saturated heterocycles. The summed E-state index contributed by atoms with van der Waals surface area (Å²) < 4.78 is 2.22. The van der Waals surface area contributed by atoms with Gasteiger partial charge in [-0.3, -0.25) is 19.6 Å². The Morgan fingerprint density at radius 1 is 1.53 bits per heavy atom. The topological polar surface area (TPSA) is 95.8 Å². The zero-order chi connectivity index (χ0) is 12.6. The average molecular weight is 235 g/mol. The molecule has 0 aromatic carbocycles. The smallest absolute Gasteiger partial charge is 0.265 e. The van der Waals surface area contributed by atoms with Crippen molar-refractivity contribution in [2.24, 2.45) is 7.05 Å². The molecule has 0 aliphatic heterocycles. The van der Waals surface area contributed by atoms with E-state index >= 15 is 0 Å². The van der Waals surface area contributed by atoms with E-state index in [2.05, 4.69) is 10.2 Å². The number of hydrogen-bond acceptors (Lipinski definition) is 5. The second kappa shape index (κ2) is 3.81. The van der Waals surface area contributed by atoms with Crippen LogP contribution in [0.2, 0.25) is 0 Å². The maximum absolute atomic E-state index is 12.0. The number of carbonyl (C=O) groups is 1. The molecule has 0 atom stereocenters. The lowest BCUT2D eigenvalue weighted by molar-refractivity contribution is -0.385. The molecule has 88 valence electrons. The van der Waals surface area contributed by atoms with Crippen molar-refractivity contribution in [2.45, 2.75) is 6.92 Å². The lowest BCUT2D eigenvalue weighted by atomic mass is 10.3. The molecule has 0 radical (unpaired) electrons. The molecule has 0 aliphatic rings. The molecule has 0 aliphatic carbocycles. The predicted octanol–water partition coefficient (Wildman–Crippen LogP) is 0.522.